The molecule has 2 rings (SSSR count). The van der Waals surface area contributed by atoms with E-state index in [1.54, 1.807) is 38.5 Å². The Morgan fingerprint density at radius 3 is 2.67 bits per heavy atom. The Kier molecular flexibility index (Phi) is 7.70. The number of hydrogen-bond donors (Lipinski definition) is 1. The average Bonchev–Trinajstić information content (AvgIpc) is 2.68. The van der Waals surface area contributed by atoms with Crippen LogP contribution in [0.3, 0.4) is 0 Å². The standard InChI is InChI=1S/C21H29NO5/c1-14-6-5-7-18(15(14)2)22-20(23)13-27-21(24)11-8-16-12-17(25-3)9-10-19(16)26-4/h8-12,14-15,18H,5-7,13H2,1-4H3,(H,22,23)/b11-8+/t14-,15+,18-/m0/s1. The number of hydrogen-bond acceptors (Lipinski definition) is 5. The zero-order valence-electron chi connectivity index (χ0n) is 16.5. The first-order valence-electron chi connectivity index (χ1n) is 9.30. The van der Waals surface area contributed by atoms with Crippen LogP contribution in [0.5, 0.6) is 11.5 Å². The van der Waals surface area contributed by atoms with Gasteiger partial charge in [-0.2, -0.15) is 0 Å². The van der Waals surface area contributed by atoms with Crippen LogP contribution in [0.25, 0.3) is 6.08 Å². The van der Waals surface area contributed by atoms with E-state index in [2.05, 4.69) is 19.2 Å². The zero-order chi connectivity index (χ0) is 19.8. The van der Waals surface area contributed by atoms with E-state index in [-0.39, 0.29) is 18.6 Å². The highest BCUT2D eigenvalue weighted by atomic mass is 16.5. The molecule has 1 N–H and O–H groups in total. The van der Waals surface area contributed by atoms with Crippen molar-refractivity contribution in [2.75, 3.05) is 20.8 Å². The Labute approximate surface area is 160 Å². The van der Waals surface area contributed by atoms with E-state index < -0.39 is 5.97 Å². The number of amides is 1. The third-order valence-corrected chi connectivity index (χ3v) is 5.23. The second kappa shape index (κ2) is 10.00. The lowest BCUT2D eigenvalue weighted by Crippen LogP contribution is -2.45. The van der Waals surface area contributed by atoms with Gasteiger partial charge in [-0.15, -0.1) is 0 Å². The third kappa shape index (κ3) is 6.01. The maximum atomic E-state index is 12.1. The quantitative estimate of drug-likeness (QED) is 0.585. The van der Waals surface area contributed by atoms with Crippen molar-refractivity contribution in [2.24, 2.45) is 11.8 Å². The lowest BCUT2D eigenvalue weighted by molar-refractivity contribution is -0.144. The Bertz CT molecular complexity index is 685. The van der Waals surface area contributed by atoms with Crippen LogP contribution in [0, 0.1) is 11.8 Å². The maximum absolute atomic E-state index is 12.1. The number of nitrogens with one attached hydrogen (secondary N) is 1. The SMILES string of the molecule is COc1ccc(OC)c(/C=C/C(=O)OCC(=O)N[C@H]2CCC[C@H](C)[C@H]2C)c1. The van der Waals surface area contributed by atoms with Crippen molar-refractivity contribution in [2.45, 2.75) is 39.2 Å². The van der Waals surface area contributed by atoms with Crippen molar-refractivity contribution < 1.29 is 23.8 Å². The van der Waals surface area contributed by atoms with Crippen molar-refractivity contribution in [1.29, 1.82) is 0 Å². The van der Waals surface area contributed by atoms with Gasteiger partial charge in [0.15, 0.2) is 6.61 Å². The van der Waals surface area contributed by atoms with Crippen molar-refractivity contribution in [1.82, 2.24) is 5.32 Å². The normalized spacial score (nSPS) is 22.3. The second-order valence-corrected chi connectivity index (χ2v) is 6.99. The van der Waals surface area contributed by atoms with Gasteiger partial charge < -0.3 is 19.5 Å². The number of esters is 1. The summed E-state index contributed by atoms with van der Waals surface area (Å²) in [5.41, 5.74) is 0.684. The fraction of sp³-hybridized carbons (Fsp3) is 0.524. The van der Waals surface area contributed by atoms with Gasteiger partial charge in [-0.1, -0.05) is 26.7 Å². The Balaban J connectivity index is 1.85. The number of carbonyl (C=O) groups is 2. The van der Waals surface area contributed by atoms with Gasteiger partial charge in [-0.25, -0.2) is 4.79 Å². The fourth-order valence-electron chi connectivity index (χ4n) is 3.35. The summed E-state index contributed by atoms with van der Waals surface area (Å²) in [4.78, 5) is 24.0. The summed E-state index contributed by atoms with van der Waals surface area (Å²) in [6, 6.07) is 5.42. The number of carbonyl (C=O) groups excluding carboxylic acids is 2. The summed E-state index contributed by atoms with van der Waals surface area (Å²) in [6.07, 6.45) is 6.13. The summed E-state index contributed by atoms with van der Waals surface area (Å²) in [6.45, 7) is 4.09. The second-order valence-electron chi connectivity index (χ2n) is 6.99. The van der Waals surface area contributed by atoms with Gasteiger partial charge in [0.25, 0.3) is 5.91 Å². The average molecular weight is 375 g/mol. The van der Waals surface area contributed by atoms with Gasteiger partial charge in [0, 0.05) is 17.7 Å². The van der Waals surface area contributed by atoms with Crippen molar-refractivity contribution in [3.63, 3.8) is 0 Å². The van der Waals surface area contributed by atoms with Gasteiger partial charge in [-0.3, -0.25) is 4.79 Å². The van der Waals surface area contributed by atoms with E-state index in [4.69, 9.17) is 14.2 Å². The lowest BCUT2D eigenvalue weighted by Gasteiger charge is -2.34. The Morgan fingerprint density at radius 2 is 1.96 bits per heavy atom. The highest BCUT2D eigenvalue weighted by Crippen LogP contribution is 2.29. The molecule has 0 aliphatic heterocycles. The third-order valence-electron chi connectivity index (χ3n) is 5.23. The molecule has 0 heterocycles. The molecule has 1 aromatic rings. The molecule has 6 heteroatoms. The number of rotatable bonds is 7. The topological polar surface area (TPSA) is 73.9 Å². The van der Waals surface area contributed by atoms with Gasteiger partial charge in [0.2, 0.25) is 0 Å². The summed E-state index contributed by atoms with van der Waals surface area (Å²) in [5.74, 6) is 1.44. The predicted molar refractivity (Wildman–Crippen MR) is 104 cm³/mol. The molecule has 1 amide bonds. The smallest absolute Gasteiger partial charge is 0.331 e. The van der Waals surface area contributed by atoms with Crippen LogP contribution in [0.1, 0.15) is 38.7 Å². The van der Waals surface area contributed by atoms with Crippen LogP contribution in [-0.4, -0.2) is 38.7 Å². The van der Waals surface area contributed by atoms with Crippen molar-refractivity contribution in [3.05, 3.63) is 29.8 Å². The van der Waals surface area contributed by atoms with Gasteiger partial charge in [0.1, 0.15) is 11.5 Å². The van der Waals surface area contributed by atoms with Crippen LogP contribution in [0.2, 0.25) is 0 Å². The number of ether oxygens (including phenoxy) is 3. The van der Waals surface area contributed by atoms with Crippen LogP contribution < -0.4 is 14.8 Å². The molecule has 0 saturated heterocycles. The first kappa shape index (κ1) is 20.8. The first-order valence-corrected chi connectivity index (χ1v) is 9.30. The molecule has 3 atom stereocenters. The molecule has 148 valence electrons. The van der Waals surface area contributed by atoms with E-state index >= 15 is 0 Å². The molecule has 0 spiro atoms. The molecule has 1 aliphatic rings. The lowest BCUT2D eigenvalue weighted by atomic mass is 9.78. The molecule has 0 unspecified atom stereocenters. The minimum absolute atomic E-state index is 0.150. The van der Waals surface area contributed by atoms with Crippen LogP contribution in [0.4, 0.5) is 0 Å². The highest BCUT2D eigenvalue weighted by Gasteiger charge is 2.28. The van der Waals surface area contributed by atoms with E-state index in [9.17, 15) is 9.59 Å². The summed E-state index contributed by atoms with van der Waals surface area (Å²) >= 11 is 0. The summed E-state index contributed by atoms with van der Waals surface area (Å²) in [5, 5.41) is 2.98. The zero-order valence-corrected chi connectivity index (χ0v) is 16.5. The van der Waals surface area contributed by atoms with Crippen molar-refractivity contribution in [3.8, 4) is 11.5 Å². The molecule has 0 aromatic heterocycles. The molecule has 1 fully saturated rings. The van der Waals surface area contributed by atoms with Gasteiger partial charge in [-0.05, 0) is 42.5 Å². The molecule has 0 bridgehead atoms. The molecule has 1 saturated carbocycles. The Hall–Kier alpha value is -2.50. The molecule has 0 radical (unpaired) electrons. The largest absolute Gasteiger partial charge is 0.497 e. The van der Waals surface area contributed by atoms with E-state index in [0.29, 0.717) is 28.9 Å². The van der Waals surface area contributed by atoms with Crippen LogP contribution >= 0.6 is 0 Å². The van der Waals surface area contributed by atoms with Gasteiger partial charge >= 0.3 is 5.97 Å². The van der Waals surface area contributed by atoms with Crippen LogP contribution in [-0.2, 0) is 14.3 Å². The fourth-order valence-corrected chi connectivity index (χ4v) is 3.35. The van der Waals surface area contributed by atoms with Crippen LogP contribution in [0.15, 0.2) is 24.3 Å². The molecule has 1 aliphatic carbocycles. The summed E-state index contributed by atoms with van der Waals surface area (Å²) in [7, 11) is 3.12. The molecule has 6 nitrogen and oxygen atoms in total. The maximum Gasteiger partial charge on any atom is 0.331 e. The molecular weight excluding hydrogens is 346 g/mol. The Morgan fingerprint density at radius 1 is 1.19 bits per heavy atom. The van der Waals surface area contributed by atoms with E-state index in [1.807, 2.05) is 0 Å². The monoisotopic (exact) mass is 375 g/mol. The minimum Gasteiger partial charge on any atom is -0.497 e. The molecular formula is C21H29NO5. The van der Waals surface area contributed by atoms with E-state index in [0.717, 1.165) is 12.8 Å². The minimum atomic E-state index is -0.583. The first-order chi connectivity index (χ1) is 12.9. The van der Waals surface area contributed by atoms with E-state index in [1.165, 1.54) is 12.5 Å². The predicted octanol–water partition coefficient (Wildman–Crippen LogP) is 3.20. The number of benzene rings is 1. The number of methoxy groups -OCH3 is 2. The van der Waals surface area contributed by atoms with Gasteiger partial charge in [0.05, 0.1) is 14.2 Å². The molecule has 27 heavy (non-hydrogen) atoms. The van der Waals surface area contributed by atoms with Crippen molar-refractivity contribution >= 4 is 18.0 Å². The molecule has 1 aromatic carbocycles. The highest BCUT2D eigenvalue weighted by molar-refractivity contribution is 5.89. The summed E-state index contributed by atoms with van der Waals surface area (Å²) < 4.78 is 15.5.